The summed E-state index contributed by atoms with van der Waals surface area (Å²) in [4.78, 5) is 14.8. The molecule has 5 heteroatoms. The van der Waals surface area contributed by atoms with E-state index in [-0.39, 0.29) is 18.2 Å². The van der Waals surface area contributed by atoms with Crippen LogP contribution in [-0.4, -0.2) is 48.8 Å². The predicted octanol–water partition coefficient (Wildman–Crippen LogP) is 2.59. The molecule has 2 heterocycles. The molecule has 2 saturated heterocycles. The number of rotatable bonds is 2. The molecule has 2 amide bonds. The summed E-state index contributed by atoms with van der Waals surface area (Å²) in [6.07, 6.45) is 1.25. The standard InChI is InChI=1S/C18H27N3O2/c1-11-5-12(2)17(13(3)6-11)20-18(22)19-15-7-16-10-23-14(4)8-21(16)9-15/h5-6,14-16H,7-10H2,1-4H3,(H2,19,20,22)/t14-,15+,16+/m1/s1. The van der Waals surface area contributed by atoms with Gasteiger partial charge in [0.15, 0.2) is 0 Å². The van der Waals surface area contributed by atoms with Crippen molar-refractivity contribution in [2.45, 2.75) is 52.3 Å². The van der Waals surface area contributed by atoms with Crippen LogP contribution in [0.3, 0.4) is 0 Å². The maximum Gasteiger partial charge on any atom is 0.319 e. The number of carbonyl (C=O) groups is 1. The van der Waals surface area contributed by atoms with Crippen LogP contribution in [0.4, 0.5) is 10.5 Å². The van der Waals surface area contributed by atoms with E-state index in [1.807, 2.05) is 13.8 Å². The molecule has 1 aromatic rings. The summed E-state index contributed by atoms with van der Waals surface area (Å²) in [6, 6.07) is 4.71. The first-order chi connectivity index (χ1) is 10.9. The van der Waals surface area contributed by atoms with E-state index in [0.29, 0.717) is 6.04 Å². The molecule has 2 N–H and O–H groups in total. The Kier molecular flexibility index (Phi) is 4.60. The molecular formula is C18H27N3O2. The molecule has 1 aromatic carbocycles. The lowest BCUT2D eigenvalue weighted by Crippen LogP contribution is -2.45. The Morgan fingerprint density at radius 1 is 1.22 bits per heavy atom. The zero-order valence-corrected chi connectivity index (χ0v) is 14.5. The normalized spacial score (nSPS) is 27.6. The number of nitrogens with one attached hydrogen (secondary N) is 2. The van der Waals surface area contributed by atoms with E-state index in [0.717, 1.165) is 42.9 Å². The number of hydrogen-bond donors (Lipinski definition) is 2. The van der Waals surface area contributed by atoms with Crippen molar-refractivity contribution in [3.8, 4) is 0 Å². The molecule has 0 aliphatic carbocycles. The fraction of sp³-hybridized carbons (Fsp3) is 0.611. The van der Waals surface area contributed by atoms with E-state index in [1.54, 1.807) is 0 Å². The molecule has 0 saturated carbocycles. The van der Waals surface area contributed by atoms with Crippen LogP contribution in [0, 0.1) is 20.8 Å². The average molecular weight is 317 g/mol. The highest BCUT2D eigenvalue weighted by Crippen LogP contribution is 2.24. The summed E-state index contributed by atoms with van der Waals surface area (Å²) >= 11 is 0. The quantitative estimate of drug-likeness (QED) is 0.881. The van der Waals surface area contributed by atoms with Crippen LogP contribution >= 0.6 is 0 Å². The first-order valence-corrected chi connectivity index (χ1v) is 8.43. The number of fused-ring (bicyclic) bond motifs is 1. The van der Waals surface area contributed by atoms with E-state index in [9.17, 15) is 4.79 Å². The highest BCUT2D eigenvalue weighted by molar-refractivity contribution is 5.91. The SMILES string of the molecule is Cc1cc(C)c(NC(=O)N[C@H]2C[C@H]3CO[C@H](C)CN3C2)c(C)c1. The molecule has 0 spiro atoms. The second-order valence-corrected chi connectivity index (χ2v) is 7.06. The topological polar surface area (TPSA) is 53.6 Å². The Balaban J connectivity index is 1.58. The van der Waals surface area contributed by atoms with Crippen LogP contribution in [-0.2, 0) is 4.74 Å². The summed E-state index contributed by atoms with van der Waals surface area (Å²) in [5.41, 5.74) is 4.33. The predicted molar refractivity (Wildman–Crippen MR) is 92.0 cm³/mol. The van der Waals surface area contributed by atoms with Gasteiger partial charge in [0, 0.05) is 30.9 Å². The van der Waals surface area contributed by atoms with Crippen LogP contribution in [0.5, 0.6) is 0 Å². The minimum absolute atomic E-state index is 0.112. The number of anilines is 1. The molecule has 3 atom stereocenters. The number of benzene rings is 1. The van der Waals surface area contributed by atoms with Crippen LogP contribution in [0.2, 0.25) is 0 Å². The van der Waals surface area contributed by atoms with Crippen LogP contribution < -0.4 is 10.6 Å². The Bertz CT molecular complexity index is 579. The molecular weight excluding hydrogens is 290 g/mol. The van der Waals surface area contributed by atoms with Gasteiger partial charge in [-0.2, -0.15) is 0 Å². The van der Waals surface area contributed by atoms with E-state index < -0.39 is 0 Å². The minimum Gasteiger partial charge on any atom is -0.376 e. The van der Waals surface area contributed by atoms with Crippen LogP contribution in [0.1, 0.15) is 30.0 Å². The first-order valence-electron chi connectivity index (χ1n) is 8.43. The lowest BCUT2D eigenvalue weighted by Gasteiger charge is -2.33. The van der Waals surface area contributed by atoms with Gasteiger partial charge in [-0.1, -0.05) is 17.7 Å². The molecule has 5 nitrogen and oxygen atoms in total. The van der Waals surface area contributed by atoms with Crippen molar-refractivity contribution in [3.05, 3.63) is 28.8 Å². The summed E-state index contributed by atoms with van der Waals surface area (Å²) in [6.45, 7) is 10.9. The van der Waals surface area contributed by atoms with Gasteiger partial charge in [-0.25, -0.2) is 4.79 Å². The second kappa shape index (κ2) is 6.49. The highest BCUT2D eigenvalue weighted by atomic mass is 16.5. The maximum atomic E-state index is 12.4. The van der Waals surface area contributed by atoms with Crippen molar-refractivity contribution < 1.29 is 9.53 Å². The number of urea groups is 1. The fourth-order valence-electron chi connectivity index (χ4n) is 3.86. The van der Waals surface area contributed by atoms with Gasteiger partial charge in [-0.15, -0.1) is 0 Å². The molecule has 3 rings (SSSR count). The van der Waals surface area contributed by atoms with E-state index in [1.165, 1.54) is 5.56 Å². The molecule has 126 valence electrons. The lowest BCUT2D eigenvalue weighted by atomic mass is 10.1. The van der Waals surface area contributed by atoms with Gasteiger partial charge < -0.3 is 15.4 Å². The molecule has 0 aromatic heterocycles. The maximum absolute atomic E-state index is 12.4. The number of aryl methyl sites for hydroxylation is 3. The number of hydrogen-bond acceptors (Lipinski definition) is 3. The third-order valence-electron chi connectivity index (χ3n) is 4.84. The van der Waals surface area contributed by atoms with Crippen molar-refractivity contribution in [3.63, 3.8) is 0 Å². The molecule has 2 aliphatic heterocycles. The minimum atomic E-state index is -0.112. The van der Waals surface area contributed by atoms with E-state index in [2.05, 4.69) is 41.5 Å². The van der Waals surface area contributed by atoms with Gasteiger partial charge >= 0.3 is 6.03 Å². The molecule has 0 radical (unpaired) electrons. The molecule has 2 aliphatic rings. The number of nitrogens with zero attached hydrogens (tertiary/aromatic N) is 1. The van der Waals surface area contributed by atoms with E-state index in [4.69, 9.17) is 4.74 Å². The number of ether oxygens (including phenoxy) is 1. The third-order valence-corrected chi connectivity index (χ3v) is 4.84. The highest BCUT2D eigenvalue weighted by Gasteiger charge is 2.36. The van der Waals surface area contributed by atoms with Gasteiger partial charge in [-0.05, 0) is 45.2 Å². The number of carbonyl (C=O) groups excluding carboxylic acids is 1. The monoisotopic (exact) mass is 317 g/mol. The van der Waals surface area contributed by atoms with Crippen molar-refractivity contribution >= 4 is 11.7 Å². The Hall–Kier alpha value is -1.59. The van der Waals surface area contributed by atoms with Crippen molar-refractivity contribution in [2.75, 3.05) is 25.0 Å². The van der Waals surface area contributed by atoms with Crippen molar-refractivity contribution in [1.82, 2.24) is 10.2 Å². The summed E-state index contributed by atoms with van der Waals surface area (Å²) < 4.78 is 5.71. The summed E-state index contributed by atoms with van der Waals surface area (Å²) in [5.74, 6) is 0. The largest absolute Gasteiger partial charge is 0.376 e. The Labute approximate surface area is 138 Å². The van der Waals surface area contributed by atoms with Crippen molar-refractivity contribution in [2.24, 2.45) is 0 Å². The Morgan fingerprint density at radius 2 is 1.91 bits per heavy atom. The lowest BCUT2D eigenvalue weighted by molar-refractivity contribution is -0.0390. The number of morpholine rings is 1. The molecule has 0 bridgehead atoms. The zero-order chi connectivity index (χ0) is 16.6. The average Bonchev–Trinajstić information content (AvgIpc) is 2.84. The van der Waals surface area contributed by atoms with Crippen LogP contribution in [0.25, 0.3) is 0 Å². The molecule has 2 fully saturated rings. The smallest absolute Gasteiger partial charge is 0.319 e. The van der Waals surface area contributed by atoms with Gasteiger partial charge in [0.2, 0.25) is 0 Å². The summed E-state index contributed by atoms with van der Waals surface area (Å²) in [7, 11) is 0. The van der Waals surface area contributed by atoms with Crippen LogP contribution in [0.15, 0.2) is 12.1 Å². The van der Waals surface area contributed by atoms with Gasteiger partial charge in [-0.3, -0.25) is 4.90 Å². The van der Waals surface area contributed by atoms with Gasteiger partial charge in [0.25, 0.3) is 0 Å². The van der Waals surface area contributed by atoms with Gasteiger partial charge in [0.05, 0.1) is 12.7 Å². The fourth-order valence-corrected chi connectivity index (χ4v) is 3.86. The van der Waals surface area contributed by atoms with Gasteiger partial charge in [0.1, 0.15) is 0 Å². The third kappa shape index (κ3) is 3.67. The number of amides is 2. The molecule has 23 heavy (non-hydrogen) atoms. The molecule has 0 unspecified atom stereocenters. The zero-order valence-electron chi connectivity index (χ0n) is 14.5. The Morgan fingerprint density at radius 3 is 2.61 bits per heavy atom. The summed E-state index contributed by atoms with van der Waals surface area (Å²) in [5, 5.41) is 6.14. The van der Waals surface area contributed by atoms with E-state index >= 15 is 0 Å². The second-order valence-electron chi connectivity index (χ2n) is 7.06. The van der Waals surface area contributed by atoms with Crippen molar-refractivity contribution in [1.29, 1.82) is 0 Å². The first kappa shape index (κ1) is 16.3.